The van der Waals surface area contributed by atoms with Gasteiger partial charge in [0.15, 0.2) is 0 Å². The average molecular weight is 431 g/mol. The summed E-state index contributed by atoms with van der Waals surface area (Å²) in [5.41, 5.74) is -0.400. The van der Waals surface area contributed by atoms with Crippen molar-refractivity contribution in [2.24, 2.45) is 14.1 Å². The number of hydrogen-bond donors (Lipinski definition) is 1. The summed E-state index contributed by atoms with van der Waals surface area (Å²) in [6.45, 7) is 1.35. The van der Waals surface area contributed by atoms with Gasteiger partial charge >= 0.3 is 5.69 Å². The van der Waals surface area contributed by atoms with Crippen molar-refractivity contribution in [1.29, 1.82) is 0 Å². The van der Waals surface area contributed by atoms with Crippen molar-refractivity contribution >= 4 is 29.9 Å². The molecule has 2 aromatic rings. The number of nitrogens with zero attached hydrogens (tertiary/aromatic N) is 3. The molecule has 1 unspecified atom stereocenters. The summed E-state index contributed by atoms with van der Waals surface area (Å²) in [6.07, 6.45) is 2.16. The van der Waals surface area contributed by atoms with Crippen LogP contribution in [0.1, 0.15) is 22.3 Å². The van der Waals surface area contributed by atoms with Crippen molar-refractivity contribution in [2.45, 2.75) is 19.0 Å². The monoisotopic (exact) mass is 430 g/mol. The Kier molecular flexibility index (Phi) is 7.03. The molecule has 3 rings (SSSR count). The van der Waals surface area contributed by atoms with Crippen molar-refractivity contribution in [1.82, 2.24) is 19.4 Å². The first-order valence-corrected chi connectivity index (χ1v) is 8.89. The lowest BCUT2D eigenvalue weighted by molar-refractivity contribution is 0.0674. The molecule has 7 nitrogen and oxygen atoms in total. The Bertz CT molecular complexity index is 999. The van der Waals surface area contributed by atoms with Gasteiger partial charge in [-0.15, -0.1) is 12.4 Å². The molecule has 1 fully saturated rings. The maximum absolute atomic E-state index is 13.3. The lowest BCUT2D eigenvalue weighted by atomic mass is 10.1. The molecule has 0 saturated carbocycles. The van der Waals surface area contributed by atoms with E-state index >= 15 is 0 Å². The summed E-state index contributed by atoms with van der Waals surface area (Å²) >= 11 is 6.07. The predicted molar refractivity (Wildman–Crippen MR) is 107 cm³/mol. The largest absolute Gasteiger partial charge is 0.330 e. The molecule has 1 saturated heterocycles. The molecule has 1 aromatic heterocycles. The van der Waals surface area contributed by atoms with Gasteiger partial charge in [-0.2, -0.15) is 0 Å². The second kappa shape index (κ2) is 8.89. The first kappa shape index (κ1) is 22.1. The van der Waals surface area contributed by atoms with Crippen LogP contribution in [0.2, 0.25) is 5.02 Å². The predicted octanol–water partition coefficient (Wildman–Crippen LogP) is 1.30. The Hall–Kier alpha value is -2.16. The van der Waals surface area contributed by atoms with Crippen LogP contribution in [-0.2, 0) is 20.6 Å². The van der Waals surface area contributed by atoms with Crippen LogP contribution in [-0.4, -0.2) is 39.1 Å². The van der Waals surface area contributed by atoms with Crippen molar-refractivity contribution in [2.75, 3.05) is 13.1 Å². The van der Waals surface area contributed by atoms with Crippen molar-refractivity contribution in [3.63, 3.8) is 0 Å². The highest BCUT2D eigenvalue weighted by Crippen LogP contribution is 2.22. The highest BCUT2D eigenvalue weighted by atomic mass is 35.5. The van der Waals surface area contributed by atoms with Crippen LogP contribution in [0.15, 0.2) is 34.0 Å². The fourth-order valence-corrected chi connectivity index (χ4v) is 3.51. The van der Waals surface area contributed by atoms with Gasteiger partial charge in [-0.05, 0) is 31.2 Å². The van der Waals surface area contributed by atoms with Gasteiger partial charge in [0, 0.05) is 32.9 Å². The Morgan fingerprint density at radius 3 is 2.68 bits per heavy atom. The molecule has 0 bridgehead atoms. The first-order chi connectivity index (χ1) is 12.8. The van der Waals surface area contributed by atoms with Crippen molar-refractivity contribution < 1.29 is 9.18 Å². The van der Waals surface area contributed by atoms with Crippen LogP contribution in [0, 0.1) is 5.82 Å². The van der Waals surface area contributed by atoms with Crippen LogP contribution in [0.5, 0.6) is 0 Å². The molecule has 0 radical (unpaired) electrons. The Morgan fingerprint density at radius 2 is 2.07 bits per heavy atom. The number of halogens is 3. The van der Waals surface area contributed by atoms with Gasteiger partial charge in [0.2, 0.25) is 0 Å². The molecular formula is C18H21Cl2FN4O3. The van der Waals surface area contributed by atoms with Crippen LogP contribution < -0.4 is 16.6 Å². The molecule has 0 aliphatic carbocycles. The topological polar surface area (TPSA) is 76.3 Å². The summed E-state index contributed by atoms with van der Waals surface area (Å²) in [4.78, 5) is 39.1. The maximum Gasteiger partial charge on any atom is 0.330 e. The highest BCUT2D eigenvalue weighted by Gasteiger charge is 2.29. The zero-order chi connectivity index (χ0) is 19.7. The van der Waals surface area contributed by atoms with E-state index in [2.05, 4.69) is 5.32 Å². The van der Waals surface area contributed by atoms with E-state index in [0.29, 0.717) is 12.1 Å². The summed E-state index contributed by atoms with van der Waals surface area (Å²) < 4.78 is 15.7. The maximum atomic E-state index is 13.3. The average Bonchev–Trinajstić information content (AvgIpc) is 3.15. The number of carbonyl (C=O) groups excluding carboxylic acids is 1. The smallest absolute Gasteiger partial charge is 0.330 e. The lowest BCUT2D eigenvalue weighted by Gasteiger charge is -2.29. The van der Waals surface area contributed by atoms with E-state index in [-0.39, 0.29) is 41.5 Å². The quantitative estimate of drug-likeness (QED) is 0.792. The normalized spacial score (nSPS) is 15.9. The van der Waals surface area contributed by atoms with E-state index < -0.39 is 17.1 Å². The fraction of sp³-hybridized carbons (Fsp3) is 0.389. The molecular weight excluding hydrogens is 410 g/mol. The van der Waals surface area contributed by atoms with E-state index in [1.54, 1.807) is 11.9 Å². The molecule has 28 heavy (non-hydrogen) atoms. The Labute approximate surface area is 172 Å². The molecule has 10 heteroatoms. The number of aromatic nitrogens is 2. The minimum absolute atomic E-state index is 0. The van der Waals surface area contributed by atoms with Gasteiger partial charge in [0.05, 0.1) is 22.7 Å². The van der Waals surface area contributed by atoms with Gasteiger partial charge in [0.1, 0.15) is 5.82 Å². The van der Waals surface area contributed by atoms with E-state index in [1.807, 2.05) is 0 Å². The van der Waals surface area contributed by atoms with Crippen LogP contribution in [0.3, 0.4) is 0 Å². The number of benzene rings is 1. The molecule has 1 aromatic carbocycles. The van der Waals surface area contributed by atoms with Gasteiger partial charge < -0.3 is 14.8 Å². The number of nitrogens with one attached hydrogen (secondary N) is 1. The molecule has 1 amide bonds. The molecule has 2 heterocycles. The standard InChI is InChI=1S/C18H20ClFN4O3.ClH/c1-22-9-11(16(25)23(2)18(22)27)10-24(13-5-6-21-8-13)17(26)14-4-3-12(20)7-15(14)19;/h3-4,7,9,13,21H,5-6,8,10H2,1-2H3;1H. The SMILES string of the molecule is Cl.Cn1cc(CN(C(=O)c2ccc(F)cc2Cl)C2CCNC2)c(=O)n(C)c1=O. The second-order valence-corrected chi connectivity index (χ2v) is 7.02. The van der Waals surface area contributed by atoms with Crippen LogP contribution in [0.4, 0.5) is 4.39 Å². The van der Waals surface area contributed by atoms with Gasteiger partial charge in [-0.25, -0.2) is 9.18 Å². The third-order valence-corrected chi connectivity index (χ3v) is 5.07. The molecule has 0 spiro atoms. The molecule has 1 aliphatic rings. The van der Waals surface area contributed by atoms with E-state index in [9.17, 15) is 18.8 Å². The second-order valence-electron chi connectivity index (χ2n) is 6.62. The summed E-state index contributed by atoms with van der Waals surface area (Å²) in [5.74, 6) is -0.915. The summed E-state index contributed by atoms with van der Waals surface area (Å²) in [6, 6.07) is 3.47. The third kappa shape index (κ3) is 4.29. The Morgan fingerprint density at radius 1 is 1.36 bits per heavy atom. The minimum atomic E-state index is -0.530. The molecule has 152 valence electrons. The van der Waals surface area contributed by atoms with Crippen molar-refractivity contribution in [3.05, 3.63) is 67.2 Å². The summed E-state index contributed by atoms with van der Waals surface area (Å²) in [7, 11) is 2.94. The van der Waals surface area contributed by atoms with Gasteiger partial charge in [-0.1, -0.05) is 11.6 Å². The number of amides is 1. The molecule has 1 N–H and O–H groups in total. The lowest BCUT2D eigenvalue weighted by Crippen LogP contribution is -2.45. The number of aryl methyl sites for hydroxylation is 1. The first-order valence-electron chi connectivity index (χ1n) is 8.52. The van der Waals surface area contributed by atoms with E-state index in [1.165, 1.54) is 29.9 Å². The summed E-state index contributed by atoms with van der Waals surface area (Å²) in [5, 5.41) is 3.21. The van der Waals surface area contributed by atoms with E-state index in [4.69, 9.17) is 11.6 Å². The molecule has 1 aliphatic heterocycles. The van der Waals surface area contributed by atoms with Gasteiger partial charge in [0.25, 0.3) is 11.5 Å². The zero-order valence-electron chi connectivity index (χ0n) is 15.4. The van der Waals surface area contributed by atoms with Gasteiger partial charge in [-0.3, -0.25) is 14.2 Å². The molecule has 1 atom stereocenters. The van der Waals surface area contributed by atoms with Crippen LogP contribution >= 0.6 is 24.0 Å². The van der Waals surface area contributed by atoms with Crippen LogP contribution in [0.25, 0.3) is 0 Å². The minimum Gasteiger partial charge on any atom is -0.330 e. The number of carbonyl (C=O) groups is 1. The van der Waals surface area contributed by atoms with E-state index in [0.717, 1.165) is 23.6 Å². The zero-order valence-corrected chi connectivity index (χ0v) is 17.0. The number of hydrogen-bond acceptors (Lipinski definition) is 4. The Balaban J connectivity index is 0.00000280. The third-order valence-electron chi connectivity index (χ3n) is 4.76. The fourth-order valence-electron chi connectivity index (χ4n) is 3.26. The highest BCUT2D eigenvalue weighted by molar-refractivity contribution is 6.33. The number of rotatable bonds is 4. The van der Waals surface area contributed by atoms with Crippen molar-refractivity contribution in [3.8, 4) is 0 Å².